The van der Waals surface area contributed by atoms with E-state index in [1.165, 1.54) is 7.11 Å². The first kappa shape index (κ1) is 17.2. The van der Waals surface area contributed by atoms with E-state index in [2.05, 4.69) is 5.32 Å². The van der Waals surface area contributed by atoms with E-state index in [1.807, 2.05) is 26.8 Å². The average Bonchev–Trinajstić information content (AvgIpc) is 2.42. The lowest BCUT2D eigenvalue weighted by Gasteiger charge is -2.21. The summed E-state index contributed by atoms with van der Waals surface area (Å²) in [6.07, 6.45) is 0.202. The van der Waals surface area contributed by atoms with Crippen molar-refractivity contribution >= 4 is 11.8 Å². The first-order chi connectivity index (χ1) is 9.85. The van der Waals surface area contributed by atoms with Gasteiger partial charge in [0.2, 0.25) is 0 Å². The second kappa shape index (κ2) is 7.78. The average molecular weight is 293 g/mol. The van der Waals surface area contributed by atoms with Gasteiger partial charge in [-0.3, -0.25) is 9.59 Å². The molecule has 0 aliphatic heterocycles. The monoisotopic (exact) mass is 293 g/mol. The second-order valence-corrected chi connectivity index (χ2v) is 5.37. The Morgan fingerprint density at radius 2 is 2.00 bits per heavy atom. The second-order valence-electron chi connectivity index (χ2n) is 5.37. The van der Waals surface area contributed by atoms with Crippen LogP contribution in [0.4, 0.5) is 0 Å². The normalized spacial score (nSPS) is 12.2. The van der Waals surface area contributed by atoms with Crippen LogP contribution in [0.1, 0.15) is 42.6 Å². The van der Waals surface area contributed by atoms with E-state index >= 15 is 0 Å². The number of carbonyl (C=O) groups is 2. The van der Waals surface area contributed by atoms with Gasteiger partial charge in [-0.05, 0) is 25.5 Å². The highest BCUT2D eigenvalue weighted by atomic mass is 16.5. The number of ketones is 1. The van der Waals surface area contributed by atoms with E-state index in [9.17, 15) is 9.59 Å². The summed E-state index contributed by atoms with van der Waals surface area (Å²) < 4.78 is 5.24. The molecule has 0 fully saturated rings. The van der Waals surface area contributed by atoms with Gasteiger partial charge in [-0.25, -0.2) is 0 Å². The number of aryl methyl sites for hydroxylation is 1. The van der Waals surface area contributed by atoms with Gasteiger partial charge in [-0.2, -0.15) is 0 Å². The predicted molar refractivity (Wildman–Crippen MR) is 81.0 cm³/mol. The van der Waals surface area contributed by atoms with Crippen molar-refractivity contribution in [2.45, 2.75) is 45.7 Å². The first-order valence-electron chi connectivity index (χ1n) is 7.01. The van der Waals surface area contributed by atoms with Crippen LogP contribution in [0.15, 0.2) is 18.2 Å². The SMILES string of the molecule is COc1ccc(C)cc1C(=O)C(CCC(=O)O)NC(C)C. The molecule has 2 N–H and O–H groups in total. The van der Waals surface area contributed by atoms with Crippen LogP contribution >= 0.6 is 0 Å². The first-order valence-corrected chi connectivity index (χ1v) is 7.01. The van der Waals surface area contributed by atoms with Crippen LogP contribution in [-0.2, 0) is 4.79 Å². The van der Waals surface area contributed by atoms with Crippen LogP contribution in [-0.4, -0.2) is 36.1 Å². The molecule has 0 saturated heterocycles. The lowest BCUT2D eigenvalue weighted by atomic mass is 9.97. The third-order valence-corrected chi connectivity index (χ3v) is 3.12. The van der Waals surface area contributed by atoms with Crippen LogP contribution in [0.2, 0.25) is 0 Å². The maximum absolute atomic E-state index is 12.7. The Hall–Kier alpha value is -1.88. The number of aliphatic carboxylic acids is 1. The van der Waals surface area contributed by atoms with E-state index in [-0.39, 0.29) is 24.7 Å². The molecule has 1 aromatic rings. The Labute approximate surface area is 125 Å². The fourth-order valence-electron chi connectivity index (χ4n) is 2.16. The lowest BCUT2D eigenvalue weighted by molar-refractivity contribution is -0.137. The molecule has 0 aliphatic rings. The number of carboxylic acids is 1. The van der Waals surface area contributed by atoms with Gasteiger partial charge < -0.3 is 15.2 Å². The number of rotatable bonds is 8. The van der Waals surface area contributed by atoms with Crippen molar-refractivity contribution in [3.8, 4) is 5.75 Å². The number of hydrogen-bond acceptors (Lipinski definition) is 4. The number of benzene rings is 1. The van der Waals surface area contributed by atoms with Gasteiger partial charge in [0, 0.05) is 12.5 Å². The summed E-state index contributed by atoms with van der Waals surface area (Å²) in [7, 11) is 1.52. The molecule has 116 valence electrons. The number of nitrogens with one attached hydrogen (secondary N) is 1. The zero-order valence-electron chi connectivity index (χ0n) is 13.0. The number of ether oxygens (including phenoxy) is 1. The van der Waals surface area contributed by atoms with Crippen molar-refractivity contribution in [2.75, 3.05) is 7.11 Å². The van der Waals surface area contributed by atoms with Gasteiger partial charge >= 0.3 is 5.97 Å². The van der Waals surface area contributed by atoms with Crippen molar-refractivity contribution < 1.29 is 19.4 Å². The molecular weight excluding hydrogens is 270 g/mol. The number of carbonyl (C=O) groups excluding carboxylic acids is 1. The minimum atomic E-state index is -0.908. The summed E-state index contributed by atoms with van der Waals surface area (Å²) in [5.74, 6) is -0.531. The maximum atomic E-state index is 12.7. The van der Waals surface area contributed by atoms with Crippen molar-refractivity contribution in [2.24, 2.45) is 0 Å². The fourth-order valence-corrected chi connectivity index (χ4v) is 2.16. The fraction of sp³-hybridized carbons (Fsp3) is 0.500. The van der Waals surface area contributed by atoms with Crippen LogP contribution < -0.4 is 10.1 Å². The molecule has 21 heavy (non-hydrogen) atoms. The molecule has 0 aliphatic carbocycles. The third kappa shape index (κ3) is 5.19. The van der Waals surface area contributed by atoms with Crippen LogP contribution in [0.5, 0.6) is 5.75 Å². The molecule has 1 atom stereocenters. The highest BCUT2D eigenvalue weighted by Crippen LogP contribution is 2.22. The van der Waals surface area contributed by atoms with Crippen molar-refractivity contribution in [3.63, 3.8) is 0 Å². The molecule has 0 radical (unpaired) electrons. The molecule has 5 nitrogen and oxygen atoms in total. The van der Waals surface area contributed by atoms with Gasteiger partial charge in [0.05, 0.1) is 18.7 Å². The highest BCUT2D eigenvalue weighted by Gasteiger charge is 2.24. The van der Waals surface area contributed by atoms with Gasteiger partial charge in [0.25, 0.3) is 0 Å². The number of methoxy groups -OCH3 is 1. The Morgan fingerprint density at radius 1 is 1.33 bits per heavy atom. The van der Waals surface area contributed by atoms with E-state index in [0.29, 0.717) is 11.3 Å². The van der Waals surface area contributed by atoms with Crippen LogP contribution in [0.25, 0.3) is 0 Å². The topological polar surface area (TPSA) is 75.6 Å². The zero-order valence-corrected chi connectivity index (χ0v) is 13.0. The van der Waals surface area contributed by atoms with E-state index < -0.39 is 12.0 Å². The molecule has 0 spiro atoms. The minimum Gasteiger partial charge on any atom is -0.496 e. The Morgan fingerprint density at radius 3 is 2.52 bits per heavy atom. The Kier molecular flexibility index (Phi) is 6.37. The summed E-state index contributed by atoms with van der Waals surface area (Å²) in [6.45, 7) is 5.75. The molecule has 1 rings (SSSR count). The number of carboxylic acid groups (broad SMARTS) is 1. The van der Waals surface area contributed by atoms with Gasteiger partial charge in [0.15, 0.2) is 5.78 Å². The van der Waals surface area contributed by atoms with Crippen molar-refractivity contribution in [1.29, 1.82) is 0 Å². The quantitative estimate of drug-likeness (QED) is 0.720. The molecule has 5 heteroatoms. The highest BCUT2D eigenvalue weighted by molar-refractivity contribution is 6.02. The molecule has 1 aromatic carbocycles. The van der Waals surface area contributed by atoms with Gasteiger partial charge in [-0.15, -0.1) is 0 Å². The maximum Gasteiger partial charge on any atom is 0.303 e. The number of Topliss-reactive ketones (excluding diaryl/α,β-unsaturated/α-hetero) is 1. The molecule has 0 amide bonds. The lowest BCUT2D eigenvalue weighted by Crippen LogP contribution is -2.41. The van der Waals surface area contributed by atoms with Crippen LogP contribution in [0.3, 0.4) is 0 Å². The number of hydrogen-bond donors (Lipinski definition) is 2. The summed E-state index contributed by atoms with van der Waals surface area (Å²) in [5, 5.41) is 12.0. The Bertz CT molecular complexity index is 511. The van der Waals surface area contributed by atoms with E-state index in [4.69, 9.17) is 9.84 Å². The van der Waals surface area contributed by atoms with E-state index in [1.54, 1.807) is 12.1 Å². The van der Waals surface area contributed by atoms with E-state index in [0.717, 1.165) is 5.56 Å². The summed E-state index contributed by atoms with van der Waals surface area (Å²) in [4.78, 5) is 23.5. The Balaban J connectivity index is 3.03. The predicted octanol–water partition coefficient (Wildman–Crippen LogP) is 2.42. The largest absolute Gasteiger partial charge is 0.496 e. The molecule has 0 heterocycles. The molecular formula is C16H23NO4. The smallest absolute Gasteiger partial charge is 0.303 e. The molecule has 0 saturated carbocycles. The van der Waals surface area contributed by atoms with Gasteiger partial charge in [0.1, 0.15) is 5.75 Å². The molecule has 0 aromatic heterocycles. The third-order valence-electron chi connectivity index (χ3n) is 3.12. The van der Waals surface area contributed by atoms with Crippen LogP contribution in [0, 0.1) is 6.92 Å². The van der Waals surface area contributed by atoms with Crippen molar-refractivity contribution in [3.05, 3.63) is 29.3 Å². The van der Waals surface area contributed by atoms with Gasteiger partial charge in [-0.1, -0.05) is 25.5 Å². The standard InChI is InChI=1S/C16H23NO4/c1-10(2)17-13(6-8-15(18)19)16(20)12-9-11(3)5-7-14(12)21-4/h5,7,9-10,13,17H,6,8H2,1-4H3,(H,18,19). The van der Waals surface area contributed by atoms with Crippen molar-refractivity contribution in [1.82, 2.24) is 5.32 Å². The summed E-state index contributed by atoms with van der Waals surface area (Å²) in [6, 6.07) is 4.96. The molecule has 1 unspecified atom stereocenters. The zero-order chi connectivity index (χ0) is 16.0. The summed E-state index contributed by atoms with van der Waals surface area (Å²) >= 11 is 0. The summed E-state index contributed by atoms with van der Waals surface area (Å²) in [5.41, 5.74) is 1.45. The minimum absolute atomic E-state index is 0.0513. The molecule has 0 bridgehead atoms.